The minimum absolute atomic E-state index is 0.0313. The minimum Gasteiger partial charge on any atom is -0.326 e. The van der Waals surface area contributed by atoms with Crippen molar-refractivity contribution in [3.05, 3.63) is 59.7 Å². The molecule has 2 aromatic rings. The predicted octanol–water partition coefficient (Wildman–Crippen LogP) is 2.83. The molecule has 1 aliphatic rings. The number of nitrogens with one attached hydrogen (secondary N) is 2. The van der Waals surface area contributed by atoms with Crippen LogP contribution < -0.4 is 15.5 Å². The molecule has 0 unspecified atom stereocenters. The summed E-state index contributed by atoms with van der Waals surface area (Å²) >= 11 is 0. The summed E-state index contributed by atoms with van der Waals surface area (Å²) in [5.41, 5.74) is 3.43. The highest BCUT2D eigenvalue weighted by molar-refractivity contribution is 6.08. The van der Waals surface area contributed by atoms with Gasteiger partial charge >= 0.3 is 0 Å². The highest BCUT2D eigenvalue weighted by Gasteiger charge is 2.25. The van der Waals surface area contributed by atoms with Crippen molar-refractivity contribution in [1.29, 1.82) is 0 Å². The van der Waals surface area contributed by atoms with Crippen LogP contribution in [0.2, 0.25) is 0 Å². The van der Waals surface area contributed by atoms with Gasteiger partial charge in [0.1, 0.15) is 0 Å². The Morgan fingerprint density at radius 2 is 1.96 bits per heavy atom. The summed E-state index contributed by atoms with van der Waals surface area (Å²) < 4.78 is 0. The first-order valence-electron chi connectivity index (χ1n) is 8.63. The molecule has 130 valence electrons. The lowest BCUT2D eigenvalue weighted by Gasteiger charge is -2.18. The Labute approximate surface area is 148 Å². The number of para-hydroxylation sites is 1. The SMILES string of the molecule is CNCCCC(=O)Nc1cccc(C(=O)N2CCc3ccccc32)c1. The number of anilines is 2. The van der Waals surface area contributed by atoms with E-state index in [0.29, 0.717) is 24.2 Å². The number of nitrogens with zero attached hydrogens (tertiary/aromatic N) is 1. The molecule has 0 atom stereocenters. The maximum atomic E-state index is 12.9. The summed E-state index contributed by atoms with van der Waals surface area (Å²) in [7, 11) is 1.86. The largest absolute Gasteiger partial charge is 0.326 e. The van der Waals surface area contributed by atoms with Crippen molar-refractivity contribution >= 4 is 23.2 Å². The summed E-state index contributed by atoms with van der Waals surface area (Å²) in [5, 5.41) is 5.89. The zero-order valence-electron chi connectivity index (χ0n) is 14.4. The summed E-state index contributed by atoms with van der Waals surface area (Å²) in [6.45, 7) is 1.50. The lowest BCUT2D eigenvalue weighted by atomic mass is 10.1. The molecule has 0 aliphatic carbocycles. The Morgan fingerprint density at radius 3 is 2.80 bits per heavy atom. The zero-order valence-corrected chi connectivity index (χ0v) is 14.4. The lowest BCUT2D eigenvalue weighted by Crippen LogP contribution is -2.28. The number of hydrogen-bond donors (Lipinski definition) is 2. The van der Waals surface area contributed by atoms with Crippen LogP contribution >= 0.6 is 0 Å². The lowest BCUT2D eigenvalue weighted by molar-refractivity contribution is -0.116. The highest BCUT2D eigenvalue weighted by Crippen LogP contribution is 2.29. The topological polar surface area (TPSA) is 61.4 Å². The van der Waals surface area contributed by atoms with Crippen LogP contribution in [-0.2, 0) is 11.2 Å². The fourth-order valence-electron chi connectivity index (χ4n) is 3.08. The van der Waals surface area contributed by atoms with Crippen LogP contribution in [0.5, 0.6) is 0 Å². The van der Waals surface area contributed by atoms with E-state index in [1.807, 2.05) is 36.2 Å². The maximum absolute atomic E-state index is 12.9. The quantitative estimate of drug-likeness (QED) is 0.797. The molecule has 0 bridgehead atoms. The van der Waals surface area contributed by atoms with Gasteiger partial charge in [-0.3, -0.25) is 9.59 Å². The van der Waals surface area contributed by atoms with Gasteiger partial charge in [-0.25, -0.2) is 0 Å². The predicted molar refractivity (Wildman–Crippen MR) is 100 cm³/mol. The number of carbonyl (C=O) groups is 2. The second kappa shape index (κ2) is 7.94. The van der Waals surface area contributed by atoms with E-state index < -0.39 is 0 Å². The van der Waals surface area contributed by atoms with E-state index in [2.05, 4.69) is 16.7 Å². The Balaban J connectivity index is 1.69. The van der Waals surface area contributed by atoms with Crippen molar-refractivity contribution in [3.8, 4) is 0 Å². The van der Waals surface area contributed by atoms with Gasteiger partial charge in [0, 0.05) is 29.9 Å². The first-order chi connectivity index (χ1) is 12.2. The van der Waals surface area contributed by atoms with Crippen molar-refractivity contribution in [2.24, 2.45) is 0 Å². The van der Waals surface area contributed by atoms with Crippen LogP contribution in [-0.4, -0.2) is 32.0 Å². The number of hydrogen-bond acceptors (Lipinski definition) is 3. The standard InChI is InChI=1S/C20H23N3O2/c1-21-12-5-10-19(24)22-17-8-4-7-16(14-17)20(25)23-13-11-15-6-2-3-9-18(15)23/h2-4,6-9,14,21H,5,10-13H2,1H3,(H,22,24). The number of fused-ring (bicyclic) bond motifs is 1. The van der Waals surface area contributed by atoms with Crippen molar-refractivity contribution in [2.45, 2.75) is 19.3 Å². The summed E-state index contributed by atoms with van der Waals surface area (Å²) in [4.78, 5) is 26.6. The van der Waals surface area contributed by atoms with Gasteiger partial charge in [-0.05, 0) is 56.3 Å². The summed E-state index contributed by atoms with van der Waals surface area (Å²) in [5.74, 6) is -0.0670. The van der Waals surface area contributed by atoms with Gasteiger partial charge in [0.2, 0.25) is 5.91 Å². The van der Waals surface area contributed by atoms with Gasteiger partial charge in [0.05, 0.1) is 0 Å². The van der Waals surface area contributed by atoms with Crippen LogP contribution in [0.25, 0.3) is 0 Å². The Kier molecular flexibility index (Phi) is 5.46. The van der Waals surface area contributed by atoms with E-state index in [-0.39, 0.29) is 11.8 Å². The number of rotatable bonds is 6. The molecule has 0 spiro atoms. The molecular weight excluding hydrogens is 314 g/mol. The molecule has 0 radical (unpaired) electrons. The molecule has 0 aromatic heterocycles. The second-order valence-electron chi connectivity index (χ2n) is 6.17. The Hall–Kier alpha value is -2.66. The average molecular weight is 337 g/mol. The first-order valence-corrected chi connectivity index (χ1v) is 8.63. The molecule has 2 aromatic carbocycles. The summed E-state index contributed by atoms with van der Waals surface area (Å²) in [6.07, 6.45) is 2.12. The number of benzene rings is 2. The Bertz CT molecular complexity index is 773. The molecule has 0 saturated carbocycles. The van der Waals surface area contributed by atoms with Crippen molar-refractivity contribution in [1.82, 2.24) is 5.32 Å². The number of amides is 2. The normalized spacial score (nSPS) is 12.8. The van der Waals surface area contributed by atoms with E-state index in [4.69, 9.17) is 0 Å². The monoisotopic (exact) mass is 337 g/mol. The van der Waals surface area contributed by atoms with Gasteiger partial charge in [-0.2, -0.15) is 0 Å². The molecule has 2 N–H and O–H groups in total. The second-order valence-corrected chi connectivity index (χ2v) is 6.17. The van der Waals surface area contributed by atoms with Gasteiger partial charge in [-0.15, -0.1) is 0 Å². The van der Waals surface area contributed by atoms with Crippen LogP contribution in [0.4, 0.5) is 11.4 Å². The molecule has 1 heterocycles. The molecule has 5 nitrogen and oxygen atoms in total. The maximum Gasteiger partial charge on any atom is 0.258 e. The smallest absolute Gasteiger partial charge is 0.258 e. The van der Waals surface area contributed by atoms with Crippen LogP contribution in [0.3, 0.4) is 0 Å². The van der Waals surface area contributed by atoms with Crippen LogP contribution in [0.1, 0.15) is 28.8 Å². The molecular formula is C20H23N3O2. The Morgan fingerprint density at radius 1 is 1.12 bits per heavy atom. The van der Waals surface area contributed by atoms with Crippen molar-refractivity contribution in [2.75, 3.05) is 30.4 Å². The van der Waals surface area contributed by atoms with E-state index in [9.17, 15) is 9.59 Å². The first kappa shape index (κ1) is 17.2. The third-order valence-corrected chi connectivity index (χ3v) is 4.36. The molecule has 2 amide bonds. The van der Waals surface area contributed by atoms with Crippen molar-refractivity contribution < 1.29 is 9.59 Å². The van der Waals surface area contributed by atoms with Crippen molar-refractivity contribution in [3.63, 3.8) is 0 Å². The van der Waals surface area contributed by atoms with Gasteiger partial charge in [0.25, 0.3) is 5.91 Å². The zero-order chi connectivity index (χ0) is 17.6. The van der Waals surface area contributed by atoms with Crippen LogP contribution in [0.15, 0.2) is 48.5 Å². The average Bonchev–Trinajstić information content (AvgIpc) is 3.05. The van der Waals surface area contributed by atoms with E-state index in [0.717, 1.165) is 25.1 Å². The summed E-state index contributed by atoms with van der Waals surface area (Å²) in [6, 6.07) is 15.1. The van der Waals surface area contributed by atoms with Gasteiger partial charge in [-0.1, -0.05) is 24.3 Å². The van der Waals surface area contributed by atoms with Gasteiger partial charge in [0.15, 0.2) is 0 Å². The minimum atomic E-state index is -0.0358. The third kappa shape index (κ3) is 4.06. The molecule has 0 fully saturated rings. The molecule has 1 aliphatic heterocycles. The molecule has 3 rings (SSSR count). The third-order valence-electron chi connectivity index (χ3n) is 4.36. The fraction of sp³-hybridized carbons (Fsp3) is 0.300. The fourth-order valence-corrected chi connectivity index (χ4v) is 3.08. The van der Waals surface area contributed by atoms with E-state index >= 15 is 0 Å². The highest BCUT2D eigenvalue weighted by atomic mass is 16.2. The molecule has 25 heavy (non-hydrogen) atoms. The molecule has 5 heteroatoms. The van der Waals surface area contributed by atoms with Gasteiger partial charge < -0.3 is 15.5 Å². The van der Waals surface area contributed by atoms with Crippen LogP contribution in [0, 0.1) is 0 Å². The van der Waals surface area contributed by atoms with E-state index in [1.54, 1.807) is 18.2 Å². The van der Waals surface area contributed by atoms with E-state index in [1.165, 1.54) is 5.56 Å². The molecule has 0 saturated heterocycles. The number of carbonyl (C=O) groups excluding carboxylic acids is 2.